The number of carbonyl (C=O) groups excluding carboxylic acids is 1. The Bertz CT molecular complexity index is 1190. The molecule has 9 heteroatoms. The fourth-order valence-electron chi connectivity index (χ4n) is 3.63. The van der Waals surface area contributed by atoms with E-state index in [1.165, 1.54) is 16.9 Å². The van der Waals surface area contributed by atoms with Gasteiger partial charge in [-0.2, -0.15) is 0 Å². The van der Waals surface area contributed by atoms with E-state index >= 15 is 0 Å². The third kappa shape index (κ3) is 5.26. The number of hydrogen-bond acceptors (Lipinski definition) is 6. The molecule has 1 saturated carbocycles. The van der Waals surface area contributed by atoms with E-state index in [0.29, 0.717) is 27.5 Å². The van der Waals surface area contributed by atoms with Crippen LogP contribution in [0.5, 0.6) is 0 Å². The summed E-state index contributed by atoms with van der Waals surface area (Å²) in [5.74, 6) is -0.324. The van der Waals surface area contributed by atoms with Crippen molar-refractivity contribution in [3.8, 4) is 0 Å². The number of aromatic nitrogens is 1. The molecule has 1 N–H and O–H groups in total. The summed E-state index contributed by atoms with van der Waals surface area (Å²) in [5.41, 5.74) is 2.50. The molecule has 2 aromatic carbocycles. The summed E-state index contributed by atoms with van der Waals surface area (Å²) < 4.78 is 25.0. The van der Waals surface area contributed by atoms with E-state index in [9.17, 15) is 13.2 Å². The van der Waals surface area contributed by atoms with Crippen LogP contribution in [0.15, 0.2) is 54.6 Å². The SMILES string of the molecule is Cc1sc(N(Cc2ccc(Cl)cc2)[C@@H]2C[C@H]2c2ccccc2)nc1C(=O)NS(C)(=O)=O. The molecule has 1 aromatic heterocycles. The van der Waals surface area contributed by atoms with E-state index < -0.39 is 15.9 Å². The summed E-state index contributed by atoms with van der Waals surface area (Å²) in [6.07, 6.45) is 1.94. The molecule has 1 heterocycles. The number of thiazole rings is 1. The Morgan fingerprint density at radius 3 is 2.52 bits per heavy atom. The Morgan fingerprint density at radius 1 is 1.19 bits per heavy atom. The van der Waals surface area contributed by atoms with E-state index in [2.05, 4.69) is 22.0 Å². The average molecular weight is 476 g/mol. The van der Waals surface area contributed by atoms with Gasteiger partial charge in [0.2, 0.25) is 10.0 Å². The van der Waals surface area contributed by atoms with Crippen LogP contribution < -0.4 is 9.62 Å². The summed E-state index contributed by atoms with van der Waals surface area (Å²) in [5, 5.41) is 1.38. The van der Waals surface area contributed by atoms with Gasteiger partial charge in [-0.1, -0.05) is 54.1 Å². The van der Waals surface area contributed by atoms with Crippen LogP contribution in [0.25, 0.3) is 0 Å². The highest BCUT2D eigenvalue weighted by molar-refractivity contribution is 7.89. The monoisotopic (exact) mass is 475 g/mol. The lowest BCUT2D eigenvalue weighted by atomic mass is 10.1. The van der Waals surface area contributed by atoms with Crippen molar-refractivity contribution in [2.75, 3.05) is 11.2 Å². The zero-order valence-corrected chi connectivity index (χ0v) is 19.5. The van der Waals surface area contributed by atoms with Gasteiger partial charge in [-0.05, 0) is 36.6 Å². The number of benzene rings is 2. The third-order valence-corrected chi connectivity index (χ3v) is 6.99. The number of anilines is 1. The second-order valence-electron chi connectivity index (χ2n) is 7.68. The standard InChI is InChI=1S/C22H22ClN3O3S2/c1-14-20(21(27)25-31(2,28)29)24-22(30-14)26(13-15-8-10-17(23)11-9-15)19-12-18(19)16-6-4-3-5-7-16/h3-11,18-19H,12-13H2,1-2H3,(H,25,27)/t18-,19+/m0/s1. The van der Waals surface area contributed by atoms with Gasteiger partial charge in [-0.15, -0.1) is 11.3 Å². The summed E-state index contributed by atoms with van der Waals surface area (Å²) >= 11 is 7.44. The molecular formula is C22H22ClN3O3S2. The van der Waals surface area contributed by atoms with Crippen molar-refractivity contribution in [1.29, 1.82) is 0 Å². The quantitative estimate of drug-likeness (QED) is 0.549. The van der Waals surface area contributed by atoms with Crippen molar-refractivity contribution in [2.45, 2.75) is 31.8 Å². The topological polar surface area (TPSA) is 79.4 Å². The Hall–Kier alpha value is -2.42. The molecule has 0 bridgehead atoms. The number of sulfonamides is 1. The Balaban J connectivity index is 1.64. The summed E-state index contributed by atoms with van der Waals surface area (Å²) in [4.78, 5) is 19.8. The lowest BCUT2D eigenvalue weighted by Crippen LogP contribution is -2.30. The summed E-state index contributed by atoms with van der Waals surface area (Å²) in [6, 6.07) is 18.2. The minimum Gasteiger partial charge on any atom is -0.340 e. The highest BCUT2D eigenvalue weighted by Crippen LogP contribution is 2.47. The number of carbonyl (C=O) groups is 1. The molecule has 1 fully saturated rings. The number of amides is 1. The van der Waals surface area contributed by atoms with E-state index in [1.807, 2.05) is 47.2 Å². The molecule has 1 aliphatic carbocycles. The zero-order valence-electron chi connectivity index (χ0n) is 17.1. The van der Waals surface area contributed by atoms with Crippen molar-refractivity contribution in [1.82, 2.24) is 9.71 Å². The first-order chi connectivity index (χ1) is 14.7. The second-order valence-corrected chi connectivity index (χ2v) is 11.0. The number of nitrogens with zero attached hydrogens (tertiary/aromatic N) is 2. The Morgan fingerprint density at radius 2 is 1.87 bits per heavy atom. The van der Waals surface area contributed by atoms with E-state index in [1.54, 1.807) is 6.92 Å². The maximum absolute atomic E-state index is 12.4. The highest BCUT2D eigenvalue weighted by atomic mass is 35.5. The van der Waals surface area contributed by atoms with Crippen molar-refractivity contribution in [3.05, 3.63) is 81.3 Å². The van der Waals surface area contributed by atoms with Crippen molar-refractivity contribution in [3.63, 3.8) is 0 Å². The van der Waals surface area contributed by atoms with Crippen LogP contribution in [-0.2, 0) is 16.6 Å². The van der Waals surface area contributed by atoms with Crippen LogP contribution in [0.4, 0.5) is 5.13 Å². The first kappa shape index (κ1) is 21.8. The Labute approximate surface area is 190 Å². The second kappa shape index (κ2) is 8.61. The molecule has 31 heavy (non-hydrogen) atoms. The van der Waals surface area contributed by atoms with Crippen LogP contribution in [-0.4, -0.2) is 31.6 Å². The van der Waals surface area contributed by atoms with Gasteiger partial charge in [-0.25, -0.2) is 18.1 Å². The molecule has 1 aliphatic rings. The van der Waals surface area contributed by atoms with E-state index in [0.717, 1.165) is 18.2 Å². The van der Waals surface area contributed by atoms with Gasteiger partial charge < -0.3 is 4.90 Å². The van der Waals surface area contributed by atoms with E-state index in [-0.39, 0.29) is 11.7 Å². The van der Waals surface area contributed by atoms with E-state index in [4.69, 9.17) is 11.6 Å². The minimum absolute atomic E-state index is 0.142. The van der Waals surface area contributed by atoms with Gasteiger partial charge in [0.15, 0.2) is 5.13 Å². The van der Waals surface area contributed by atoms with Crippen LogP contribution in [0.2, 0.25) is 5.02 Å². The maximum Gasteiger partial charge on any atom is 0.284 e. The van der Waals surface area contributed by atoms with Crippen LogP contribution in [0, 0.1) is 6.92 Å². The molecule has 6 nitrogen and oxygen atoms in total. The lowest BCUT2D eigenvalue weighted by molar-refractivity contribution is 0.0977. The van der Waals surface area contributed by atoms with Crippen LogP contribution >= 0.6 is 22.9 Å². The number of halogens is 1. The average Bonchev–Trinajstić information content (AvgIpc) is 3.41. The number of hydrogen-bond donors (Lipinski definition) is 1. The molecule has 162 valence electrons. The first-order valence-electron chi connectivity index (χ1n) is 9.77. The van der Waals surface area contributed by atoms with Gasteiger partial charge in [0.1, 0.15) is 5.69 Å². The van der Waals surface area contributed by atoms with Gasteiger partial charge in [0, 0.05) is 28.4 Å². The molecule has 2 atom stereocenters. The van der Waals surface area contributed by atoms with Crippen molar-refractivity contribution < 1.29 is 13.2 Å². The molecule has 0 aliphatic heterocycles. The normalized spacial score (nSPS) is 17.9. The molecule has 1 amide bonds. The summed E-state index contributed by atoms with van der Waals surface area (Å²) in [6.45, 7) is 2.39. The van der Waals surface area contributed by atoms with Gasteiger partial charge in [0.05, 0.1) is 6.26 Å². The minimum atomic E-state index is -3.66. The number of rotatable bonds is 7. The highest BCUT2D eigenvalue weighted by Gasteiger charge is 2.44. The lowest BCUT2D eigenvalue weighted by Gasteiger charge is -2.23. The van der Waals surface area contributed by atoms with Gasteiger partial charge >= 0.3 is 0 Å². The fraction of sp³-hybridized carbons (Fsp3) is 0.273. The molecule has 3 aromatic rings. The first-order valence-corrected chi connectivity index (χ1v) is 12.9. The number of nitrogens with one attached hydrogen (secondary N) is 1. The molecule has 4 rings (SSSR count). The molecule has 0 radical (unpaired) electrons. The molecule has 0 saturated heterocycles. The van der Waals surface area contributed by atoms with Crippen LogP contribution in [0.1, 0.15) is 38.8 Å². The van der Waals surface area contributed by atoms with Gasteiger partial charge in [-0.3, -0.25) is 4.79 Å². The maximum atomic E-state index is 12.4. The molecule has 0 unspecified atom stereocenters. The molecular weight excluding hydrogens is 454 g/mol. The van der Waals surface area contributed by atoms with Crippen molar-refractivity contribution in [2.24, 2.45) is 0 Å². The summed E-state index contributed by atoms with van der Waals surface area (Å²) in [7, 11) is -3.66. The Kier molecular flexibility index (Phi) is 6.05. The smallest absolute Gasteiger partial charge is 0.284 e. The van der Waals surface area contributed by atoms with Crippen LogP contribution in [0.3, 0.4) is 0 Å². The zero-order chi connectivity index (χ0) is 22.2. The predicted molar refractivity (Wildman–Crippen MR) is 124 cm³/mol. The third-order valence-electron chi connectivity index (χ3n) is 5.18. The molecule has 0 spiro atoms. The van der Waals surface area contributed by atoms with Crippen molar-refractivity contribution >= 4 is 44.0 Å². The number of aryl methyl sites for hydroxylation is 1. The largest absolute Gasteiger partial charge is 0.340 e. The fourth-order valence-corrected chi connectivity index (χ4v) is 5.15. The predicted octanol–water partition coefficient (Wildman–Crippen LogP) is 4.36. The van der Waals surface area contributed by atoms with Gasteiger partial charge in [0.25, 0.3) is 5.91 Å².